The van der Waals surface area contributed by atoms with Gasteiger partial charge in [0.1, 0.15) is 0 Å². The molecule has 0 aliphatic carbocycles. The van der Waals surface area contributed by atoms with Crippen molar-refractivity contribution in [1.82, 2.24) is 20.9 Å². The molecule has 5 nitrogen and oxygen atoms in total. The SMILES string of the molecule is CCN(CC)CCCC(C)NC(=NC)NCCNC(C)(C)C. The van der Waals surface area contributed by atoms with Crippen LogP contribution in [-0.2, 0) is 0 Å². The van der Waals surface area contributed by atoms with Gasteiger partial charge in [-0.05, 0) is 60.2 Å². The Morgan fingerprint density at radius 3 is 2.27 bits per heavy atom. The van der Waals surface area contributed by atoms with Crippen molar-refractivity contribution in [3.8, 4) is 0 Å². The van der Waals surface area contributed by atoms with Crippen molar-refractivity contribution in [3.63, 3.8) is 0 Å². The van der Waals surface area contributed by atoms with Gasteiger partial charge in [-0.1, -0.05) is 13.8 Å². The fraction of sp³-hybridized carbons (Fsp3) is 0.941. The highest BCUT2D eigenvalue weighted by molar-refractivity contribution is 5.79. The molecule has 0 aliphatic heterocycles. The van der Waals surface area contributed by atoms with Crippen LogP contribution in [0, 0.1) is 0 Å². The largest absolute Gasteiger partial charge is 0.355 e. The monoisotopic (exact) mass is 313 g/mol. The molecule has 3 N–H and O–H groups in total. The maximum Gasteiger partial charge on any atom is 0.191 e. The minimum absolute atomic E-state index is 0.163. The number of hydrogen-bond acceptors (Lipinski definition) is 3. The second-order valence-electron chi connectivity index (χ2n) is 6.89. The molecule has 0 amide bonds. The van der Waals surface area contributed by atoms with Gasteiger partial charge in [-0.15, -0.1) is 0 Å². The molecule has 1 atom stereocenters. The standard InChI is InChI=1S/C17H39N5/c1-8-22(9-2)14-10-11-15(3)21-16(18-7)19-12-13-20-17(4,5)6/h15,20H,8-14H2,1-7H3,(H2,18,19,21). The molecule has 0 heterocycles. The van der Waals surface area contributed by atoms with Crippen molar-refractivity contribution in [2.75, 3.05) is 39.8 Å². The Labute approximate surface area is 138 Å². The first-order valence-electron chi connectivity index (χ1n) is 8.77. The van der Waals surface area contributed by atoms with Gasteiger partial charge in [0.25, 0.3) is 0 Å². The molecule has 0 aromatic carbocycles. The lowest BCUT2D eigenvalue weighted by Gasteiger charge is -2.23. The topological polar surface area (TPSA) is 51.7 Å². The second-order valence-corrected chi connectivity index (χ2v) is 6.89. The number of guanidine groups is 1. The van der Waals surface area contributed by atoms with Crippen LogP contribution in [0.2, 0.25) is 0 Å². The van der Waals surface area contributed by atoms with Crippen LogP contribution in [0.15, 0.2) is 4.99 Å². The number of hydrogen-bond donors (Lipinski definition) is 3. The smallest absolute Gasteiger partial charge is 0.191 e. The molecule has 0 bridgehead atoms. The molecule has 0 spiro atoms. The third kappa shape index (κ3) is 11.8. The summed E-state index contributed by atoms with van der Waals surface area (Å²) in [5, 5.41) is 10.3. The lowest BCUT2D eigenvalue weighted by atomic mass is 10.1. The van der Waals surface area contributed by atoms with Crippen LogP contribution in [0.3, 0.4) is 0 Å². The summed E-state index contributed by atoms with van der Waals surface area (Å²) in [5.41, 5.74) is 0.163. The molecule has 22 heavy (non-hydrogen) atoms. The Hall–Kier alpha value is -0.810. The molecule has 5 heteroatoms. The van der Waals surface area contributed by atoms with Crippen molar-refractivity contribution in [3.05, 3.63) is 0 Å². The summed E-state index contributed by atoms with van der Waals surface area (Å²) in [6.45, 7) is 18.5. The van der Waals surface area contributed by atoms with Crippen molar-refractivity contribution in [2.24, 2.45) is 4.99 Å². The van der Waals surface area contributed by atoms with Gasteiger partial charge < -0.3 is 20.9 Å². The zero-order chi connectivity index (χ0) is 17.0. The molecule has 0 fully saturated rings. The Balaban J connectivity index is 3.87. The van der Waals surface area contributed by atoms with E-state index in [1.165, 1.54) is 13.0 Å². The predicted octanol–water partition coefficient (Wildman–Crippen LogP) is 2.05. The van der Waals surface area contributed by atoms with E-state index in [1.54, 1.807) is 0 Å². The molecule has 0 aromatic rings. The summed E-state index contributed by atoms with van der Waals surface area (Å²) in [7, 11) is 1.83. The van der Waals surface area contributed by atoms with E-state index >= 15 is 0 Å². The van der Waals surface area contributed by atoms with Gasteiger partial charge in [0.2, 0.25) is 0 Å². The van der Waals surface area contributed by atoms with Gasteiger partial charge >= 0.3 is 0 Å². The first-order valence-corrected chi connectivity index (χ1v) is 8.77. The first-order chi connectivity index (χ1) is 10.3. The molecular weight excluding hydrogens is 274 g/mol. The number of aliphatic imine (C=N–C) groups is 1. The van der Waals surface area contributed by atoms with Gasteiger partial charge in [0.05, 0.1) is 0 Å². The van der Waals surface area contributed by atoms with E-state index in [-0.39, 0.29) is 5.54 Å². The van der Waals surface area contributed by atoms with E-state index in [1.807, 2.05) is 7.05 Å². The van der Waals surface area contributed by atoms with Crippen LogP contribution in [0.5, 0.6) is 0 Å². The van der Waals surface area contributed by atoms with E-state index in [4.69, 9.17) is 0 Å². The summed E-state index contributed by atoms with van der Waals surface area (Å²) < 4.78 is 0. The minimum Gasteiger partial charge on any atom is -0.355 e. The predicted molar refractivity (Wildman–Crippen MR) is 98.7 cm³/mol. The first kappa shape index (κ1) is 21.2. The van der Waals surface area contributed by atoms with Gasteiger partial charge in [0.15, 0.2) is 5.96 Å². The van der Waals surface area contributed by atoms with E-state index < -0.39 is 0 Å². The van der Waals surface area contributed by atoms with Gasteiger partial charge in [-0.3, -0.25) is 4.99 Å². The molecule has 1 unspecified atom stereocenters. The lowest BCUT2D eigenvalue weighted by Crippen LogP contribution is -2.46. The van der Waals surface area contributed by atoms with Crippen LogP contribution in [0.4, 0.5) is 0 Å². The fourth-order valence-corrected chi connectivity index (χ4v) is 2.28. The zero-order valence-corrected chi connectivity index (χ0v) is 15.9. The Morgan fingerprint density at radius 2 is 1.77 bits per heavy atom. The van der Waals surface area contributed by atoms with Gasteiger partial charge in [-0.2, -0.15) is 0 Å². The molecule has 132 valence electrons. The highest BCUT2D eigenvalue weighted by Gasteiger charge is 2.09. The molecule has 0 radical (unpaired) electrons. The van der Waals surface area contributed by atoms with Gasteiger partial charge in [-0.25, -0.2) is 0 Å². The highest BCUT2D eigenvalue weighted by Crippen LogP contribution is 1.99. The van der Waals surface area contributed by atoms with Crippen LogP contribution in [0.1, 0.15) is 54.4 Å². The number of nitrogens with zero attached hydrogens (tertiary/aromatic N) is 2. The van der Waals surface area contributed by atoms with Crippen LogP contribution in [-0.4, -0.2) is 62.2 Å². The van der Waals surface area contributed by atoms with E-state index in [9.17, 15) is 0 Å². The third-order valence-corrected chi connectivity index (χ3v) is 3.69. The molecule has 0 rings (SSSR count). The van der Waals surface area contributed by atoms with E-state index in [0.717, 1.165) is 38.6 Å². The molecule has 0 aromatic heterocycles. The number of nitrogens with one attached hydrogen (secondary N) is 3. The molecule has 0 aliphatic rings. The minimum atomic E-state index is 0.163. The van der Waals surface area contributed by atoms with Crippen LogP contribution >= 0.6 is 0 Å². The molecule has 0 saturated carbocycles. The summed E-state index contributed by atoms with van der Waals surface area (Å²) in [6.07, 6.45) is 2.38. The molecular formula is C17H39N5. The third-order valence-electron chi connectivity index (χ3n) is 3.69. The average molecular weight is 314 g/mol. The quantitative estimate of drug-likeness (QED) is 0.328. The maximum atomic E-state index is 4.29. The van der Waals surface area contributed by atoms with Crippen molar-refractivity contribution >= 4 is 5.96 Å². The second kappa shape index (κ2) is 11.7. The van der Waals surface area contributed by atoms with Gasteiger partial charge in [0, 0.05) is 31.7 Å². The molecule has 0 saturated heterocycles. The average Bonchev–Trinajstić information content (AvgIpc) is 2.45. The summed E-state index contributed by atoms with van der Waals surface area (Å²) in [4.78, 5) is 6.76. The maximum absolute atomic E-state index is 4.29. The zero-order valence-electron chi connectivity index (χ0n) is 15.9. The van der Waals surface area contributed by atoms with E-state index in [2.05, 4.69) is 67.4 Å². The van der Waals surface area contributed by atoms with Crippen molar-refractivity contribution in [2.45, 2.75) is 66.0 Å². The normalized spacial score (nSPS) is 14.3. The summed E-state index contributed by atoms with van der Waals surface area (Å²) >= 11 is 0. The Kier molecular flexibility index (Phi) is 11.3. The van der Waals surface area contributed by atoms with Crippen molar-refractivity contribution in [1.29, 1.82) is 0 Å². The van der Waals surface area contributed by atoms with E-state index in [0.29, 0.717) is 6.04 Å². The highest BCUT2D eigenvalue weighted by atomic mass is 15.2. The number of rotatable bonds is 10. The summed E-state index contributed by atoms with van der Waals surface area (Å²) in [5.74, 6) is 0.894. The Bertz CT molecular complexity index is 292. The fourth-order valence-electron chi connectivity index (χ4n) is 2.28. The summed E-state index contributed by atoms with van der Waals surface area (Å²) in [6, 6.07) is 0.442. The van der Waals surface area contributed by atoms with Crippen LogP contribution < -0.4 is 16.0 Å². The van der Waals surface area contributed by atoms with Crippen LogP contribution in [0.25, 0.3) is 0 Å². The van der Waals surface area contributed by atoms with Crippen molar-refractivity contribution < 1.29 is 0 Å². The lowest BCUT2D eigenvalue weighted by molar-refractivity contribution is 0.292. The Morgan fingerprint density at radius 1 is 1.14 bits per heavy atom.